The van der Waals surface area contributed by atoms with Crippen molar-refractivity contribution in [1.82, 2.24) is 9.69 Å². The van der Waals surface area contributed by atoms with Crippen LogP contribution >= 0.6 is 34.7 Å². The van der Waals surface area contributed by atoms with Gasteiger partial charge in [0, 0.05) is 6.04 Å². The van der Waals surface area contributed by atoms with Crippen LogP contribution in [0, 0.1) is 5.92 Å². The summed E-state index contributed by atoms with van der Waals surface area (Å²) < 4.78 is 9.40. The summed E-state index contributed by atoms with van der Waals surface area (Å²) >= 11 is 12.6. The third-order valence-corrected chi connectivity index (χ3v) is 5.20. The number of carbonyl (C=O) groups excluding carboxylic acids is 2. The Kier molecular flexibility index (Phi) is 6.06. The molecule has 1 saturated carbocycles. The summed E-state index contributed by atoms with van der Waals surface area (Å²) in [4.78, 5) is 24.5. The van der Waals surface area contributed by atoms with Crippen LogP contribution in [0.5, 0.6) is 0 Å². The van der Waals surface area contributed by atoms with Crippen LogP contribution in [0.15, 0.2) is 0 Å². The fourth-order valence-corrected chi connectivity index (χ4v) is 3.38. The molecule has 22 heavy (non-hydrogen) atoms. The van der Waals surface area contributed by atoms with E-state index >= 15 is 0 Å². The maximum atomic E-state index is 12.3. The molecule has 0 aliphatic heterocycles. The monoisotopic (exact) mass is 364 g/mol. The number of hydrogen-bond acceptors (Lipinski definition) is 5. The molecule has 1 aliphatic rings. The minimum absolute atomic E-state index is 0.0454. The zero-order valence-corrected chi connectivity index (χ0v) is 14.7. The fourth-order valence-electron chi connectivity index (χ4n) is 2.40. The van der Waals surface area contributed by atoms with Gasteiger partial charge >= 0.3 is 5.97 Å². The Morgan fingerprint density at radius 3 is 2.45 bits per heavy atom. The molecule has 1 fully saturated rings. The first-order chi connectivity index (χ1) is 10.4. The number of aromatic nitrogens is 1. The summed E-state index contributed by atoms with van der Waals surface area (Å²) in [5.74, 6) is -1.15. The topological polar surface area (TPSA) is 68.3 Å². The van der Waals surface area contributed by atoms with Gasteiger partial charge in [-0.05, 0) is 30.3 Å². The Labute approximate surface area is 143 Å². The highest BCUT2D eigenvalue weighted by Crippen LogP contribution is 2.30. The fraction of sp³-hybridized carbons (Fsp3) is 0.643. The third kappa shape index (κ3) is 4.12. The van der Waals surface area contributed by atoms with Gasteiger partial charge in [0.25, 0.3) is 5.91 Å². The summed E-state index contributed by atoms with van der Waals surface area (Å²) in [5, 5.41) is 3.01. The smallest absolute Gasteiger partial charge is 0.360 e. The van der Waals surface area contributed by atoms with Gasteiger partial charge in [0.1, 0.15) is 9.36 Å². The van der Waals surface area contributed by atoms with Crippen LogP contribution in [-0.4, -0.2) is 28.4 Å². The number of carbonyl (C=O) groups is 2. The highest BCUT2D eigenvalue weighted by atomic mass is 35.5. The second kappa shape index (κ2) is 7.62. The van der Waals surface area contributed by atoms with E-state index in [0.29, 0.717) is 0 Å². The SMILES string of the molecule is CC(C)[C@H](OC(=O)c1nsc(Cl)c1Cl)C(=O)NC1CCCC1. The molecule has 1 aliphatic carbocycles. The summed E-state index contributed by atoms with van der Waals surface area (Å²) in [7, 11) is 0. The number of esters is 1. The number of amides is 1. The lowest BCUT2D eigenvalue weighted by Gasteiger charge is -2.22. The second-order valence-electron chi connectivity index (χ2n) is 5.68. The molecule has 0 bridgehead atoms. The van der Waals surface area contributed by atoms with Crippen LogP contribution < -0.4 is 5.32 Å². The first kappa shape index (κ1) is 17.5. The minimum atomic E-state index is -0.871. The van der Waals surface area contributed by atoms with E-state index in [9.17, 15) is 9.59 Å². The molecule has 1 aromatic rings. The molecular weight excluding hydrogens is 347 g/mol. The lowest BCUT2D eigenvalue weighted by atomic mass is 10.1. The van der Waals surface area contributed by atoms with Crippen LogP contribution in [0.2, 0.25) is 9.36 Å². The van der Waals surface area contributed by atoms with Gasteiger partial charge in [0.2, 0.25) is 0 Å². The van der Waals surface area contributed by atoms with E-state index in [4.69, 9.17) is 27.9 Å². The normalized spacial score (nSPS) is 16.8. The third-order valence-electron chi connectivity index (χ3n) is 3.59. The van der Waals surface area contributed by atoms with Crippen molar-refractivity contribution in [2.24, 2.45) is 5.92 Å². The lowest BCUT2D eigenvalue weighted by molar-refractivity contribution is -0.132. The molecule has 0 unspecified atom stereocenters. The number of rotatable bonds is 5. The number of halogens is 2. The Bertz CT molecular complexity index is 556. The van der Waals surface area contributed by atoms with Gasteiger partial charge in [0.05, 0.1) is 0 Å². The number of nitrogens with one attached hydrogen (secondary N) is 1. The molecular formula is C14H18Cl2N2O3S. The molecule has 1 heterocycles. The zero-order valence-electron chi connectivity index (χ0n) is 12.4. The summed E-state index contributed by atoms with van der Waals surface area (Å²) in [6.07, 6.45) is 3.30. The van der Waals surface area contributed by atoms with E-state index < -0.39 is 12.1 Å². The van der Waals surface area contributed by atoms with Crippen LogP contribution in [0.25, 0.3) is 0 Å². The van der Waals surface area contributed by atoms with Crippen molar-refractivity contribution in [3.8, 4) is 0 Å². The van der Waals surface area contributed by atoms with Crippen LogP contribution in [-0.2, 0) is 9.53 Å². The Morgan fingerprint density at radius 2 is 1.95 bits per heavy atom. The van der Waals surface area contributed by atoms with Crippen LogP contribution in [0.4, 0.5) is 0 Å². The van der Waals surface area contributed by atoms with Crippen molar-refractivity contribution >= 4 is 46.6 Å². The highest BCUT2D eigenvalue weighted by molar-refractivity contribution is 7.11. The number of hydrogen-bond donors (Lipinski definition) is 1. The largest absolute Gasteiger partial charge is 0.447 e. The van der Waals surface area contributed by atoms with Crippen molar-refractivity contribution in [3.63, 3.8) is 0 Å². The second-order valence-corrected chi connectivity index (χ2v) is 7.43. The quantitative estimate of drug-likeness (QED) is 0.808. The zero-order chi connectivity index (χ0) is 16.3. The minimum Gasteiger partial charge on any atom is -0.447 e. The highest BCUT2D eigenvalue weighted by Gasteiger charge is 2.31. The van der Waals surface area contributed by atoms with Gasteiger partial charge in [-0.2, -0.15) is 4.37 Å². The molecule has 0 radical (unpaired) electrons. The predicted octanol–water partition coefficient (Wildman–Crippen LogP) is 3.69. The molecule has 1 amide bonds. The molecule has 1 atom stereocenters. The van der Waals surface area contributed by atoms with Gasteiger partial charge < -0.3 is 10.1 Å². The van der Waals surface area contributed by atoms with Crippen LogP contribution in [0.1, 0.15) is 50.0 Å². The van der Waals surface area contributed by atoms with Crippen molar-refractivity contribution in [3.05, 3.63) is 15.1 Å². The number of nitrogens with zero attached hydrogens (tertiary/aromatic N) is 1. The van der Waals surface area contributed by atoms with E-state index in [1.807, 2.05) is 13.8 Å². The maximum Gasteiger partial charge on any atom is 0.360 e. The van der Waals surface area contributed by atoms with Crippen LogP contribution in [0.3, 0.4) is 0 Å². The summed E-state index contributed by atoms with van der Waals surface area (Å²) in [6.45, 7) is 3.64. The average Bonchev–Trinajstić information content (AvgIpc) is 3.07. The molecule has 1 N–H and O–H groups in total. The van der Waals surface area contributed by atoms with Gasteiger partial charge in [-0.3, -0.25) is 4.79 Å². The lowest BCUT2D eigenvalue weighted by Crippen LogP contribution is -2.44. The maximum absolute atomic E-state index is 12.3. The standard InChI is InChI=1S/C14H18Cl2N2O3S/c1-7(2)11(13(19)17-8-5-3-4-6-8)21-14(20)10-9(15)12(16)22-18-10/h7-8,11H,3-6H2,1-2H3,(H,17,19)/t11-/m0/s1. The predicted molar refractivity (Wildman–Crippen MR) is 86.6 cm³/mol. The summed E-state index contributed by atoms with van der Waals surface area (Å²) in [5.41, 5.74) is -0.0454. The van der Waals surface area contributed by atoms with Gasteiger partial charge in [-0.1, -0.05) is 49.9 Å². The molecule has 0 aromatic carbocycles. The summed E-state index contributed by atoms with van der Waals surface area (Å²) in [6, 6.07) is 0.171. The van der Waals surface area contributed by atoms with Gasteiger partial charge in [-0.15, -0.1) is 0 Å². The van der Waals surface area contributed by atoms with E-state index in [1.54, 1.807) is 0 Å². The molecule has 0 spiro atoms. The molecule has 8 heteroatoms. The Hall–Kier alpha value is -0.850. The molecule has 122 valence electrons. The molecule has 2 rings (SSSR count). The Balaban J connectivity index is 2.03. The van der Waals surface area contributed by atoms with E-state index in [2.05, 4.69) is 9.69 Å². The molecule has 0 saturated heterocycles. The first-order valence-electron chi connectivity index (χ1n) is 7.22. The van der Waals surface area contributed by atoms with Crippen molar-refractivity contribution in [1.29, 1.82) is 0 Å². The Morgan fingerprint density at radius 1 is 1.32 bits per heavy atom. The van der Waals surface area contributed by atoms with Crippen molar-refractivity contribution < 1.29 is 14.3 Å². The van der Waals surface area contributed by atoms with Crippen molar-refractivity contribution in [2.45, 2.75) is 51.7 Å². The van der Waals surface area contributed by atoms with Crippen molar-refractivity contribution in [2.75, 3.05) is 0 Å². The van der Waals surface area contributed by atoms with Gasteiger partial charge in [-0.25, -0.2) is 4.79 Å². The number of ether oxygens (including phenoxy) is 1. The average molecular weight is 365 g/mol. The first-order valence-corrected chi connectivity index (χ1v) is 8.75. The molecule has 5 nitrogen and oxygen atoms in total. The van der Waals surface area contributed by atoms with E-state index in [0.717, 1.165) is 37.2 Å². The van der Waals surface area contributed by atoms with Gasteiger partial charge in [0.15, 0.2) is 11.8 Å². The van der Waals surface area contributed by atoms with E-state index in [-0.39, 0.29) is 32.9 Å². The van der Waals surface area contributed by atoms with E-state index in [1.165, 1.54) is 0 Å². The molecule has 1 aromatic heterocycles.